The highest BCUT2D eigenvalue weighted by molar-refractivity contribution is 5.80. The first-order valence-electron chi connectivity index (χ1n) is 8.51. The lowest BCUT2D eigenvalue weighted by Gasteiger charge is -2.22. The number of hydrogen-bond acceptors (Lipinski definition) is 2. The van der Waals surface area contributed by atoms with Gasteiger partial charge in [0.05, 0.1) is 6.20 Å². The van der Waals surface area contributed by atoms with Crippen molar-refractivity contribution in [2.24, 2.45) is 23.9 Å². The molecule has 0 bridgehead atoms. The number of guanidine groups is 1. The second kappa shape index (κ2) is 8.20. The zero-order chi connectivity index (χ0) is 15.9. The Kier molecular flexibility index (Phi) is 6.28. The van der Waals surface area contributed by atoms with Gasteiger partial charge in [-0.05, 0) is 43.1 Å². The summed E-state index contributed by atoms with van der Waals surface area (Å²) in [5, 5.41) is 7.72. The minimum absolute atomic E-state index is 0.791. The lowest BCUT2D eigenvalue weighted by atomic mass is 9.97. The van der Waals surface area contributed by atoms with Crippen molar-refractivity contribution in [2.75, 3.05) is 26.7 Å². The fourth-order valence-electron chi connectivity index (χ4n) is 3.31. The van der Waals surface area contributed by atoms with E-state index in [1.807, 2.05) is 25.0 Å². The van der Waals surface area contributed by atoms with Crippen LogP contribution in [-0.4, -0.2) is 47.3 Å². The van der Waals surface area contributed by atoms with Gasteiger partial charge in [0.1, 0.15) is 0 Å². The zero-order valence-electron chi connectivity index (χ0n) is 14.5. The topological polar surface area (TPSA) is 45.5 Å². The van der Waals surface area contributed by atoms with Crippen molar-refractivity contribution in [3.8, 4) is 0 Å². The summed E-state index contributed by atoms with van der Waals surface area (Å²) in [6.07, 6.45) is 8.84. The van der Waals surface area contributed by atoms with E-state index in [4.69, 9.17) is 0 Å². The molecule has 1 aliphatic heterocycles. The van der Waals surface area contributed by atoms with E-state index < -0.39 is 0 Å². The number of nitrogens with one attached hydrogen (secondary N) is 1. The molecule has 5 nitrogen and oxygen atoms in total. The normalized spacial score (nSPS) is 19.2. The Hall–Kier alpha value is -1.52. The first kappa shape index (κ1) is 16.8. The third kappa shape index (κ3) is 5.04. The lowest BCUT2D eigenvalue weighted by molar-refractivity contribution is 0.403. The van der Waals surface area contributed by atoms with E-state index in [9.17, 15) is 0 Å². The van der Waals surface area contributed by atoms with Crippen molar-refractivity contribution in [1.29, 1.82) is 0 Å². The number of likely N-dealkylation sites (tertiary alicyclic amines) is 1. The molecule has 22 heavy (non-hydrogen) atoms. The van der Waals surface area contributed by atoms with E-state index in [0.29, 0.717) is 0 Å². The van der Waals surface area contributed by atoms with Gasteiger partial charge in [0, 0.05) is 39.9 Å². The second-order valence-corrected chi connectivity index (χ2v) is 6.83. The number of aryl methyl sites for hydroxylation is 2. The van der Waals surface area contributed by atoms with Gasteiger partial charge < -0.3 is 10.2 Å². The summed E-state index contributed by atoms with van der Waals surface area (Å²) in [6, 6.07) is 0. The molecule has 0 aromatic carbocycles. The molecule has 0 aliphatic carbocycles. The fourth-order valence-corrected chi connectivity index (χ4v) is 3.31. The molecule has 1 fully saturated rings. The average Bonchev–Trinajstić information content (AvgIpc) is 3.08. The van der Waals surface area contributed by atoms with Crippen LogP contribution in [0.5, 0.6) is 0 Å². The van der Waals surface area contributed by atoms with Gasteiger partial charge in [-0.15, -0.1) is 0 Å². The van der Waals surface area contributed by atoms with Crippen LogP contribution >= 0.6 is 0 Å². The molecule has 1 saturated heterocycles. The summed E-state index contributed by atoms with van der Waals surface area (Å²) in [6.45, 7) is 7.88. The van der Waals surface area contributed by atoms with Crippen LogP contribution in [0, 0.1) is 11.8 Å². The van der Waals surface area contributed by atoms with Crippen LogP contribution in [0.3, 0.4) is 0 Å². The van der Waals surface area contributed by atoms with Gasteiger partial charge in [-0.3, -0.25) is 9.67 Å². The Bertz CT molecular complexity index is 477. The number of nitrogens with zero attached hydrogens (tertiary/aromatic N) is 4. The first-order chi connectivity index (χ1) is 10.6. The maximum absolute atomic E-state index is 4.45. The predicted molar refractivity (Wildman–Crippen MR) is 92.0 cm³/mol. The van der Waals surface area contributed by atoms with Gasteiger partial charge >= 0.3 is 0 Å². The minimum atomic E-state index is 0.791. The van der Waals surface area contributed by atoms with Crippen LogP contribution < -0.4 is 5.32 Å². The van der Waals surface area contributed by atoms with E-state index >= 15 is 0 Å². The van der Waals surface area contributed by atoms with Crippen LogP contribution in [0.25, 0.3) is 0 Å². The molecule has 0 radical (unpaired) electrons. The summed E-state index contributed by atoms with van der Waals surface area (Å²) >= 11 is 0. The minimum Gasteiger partial charge on any atom is -0.356 e. The molecule has 0 amide bonds. The SMILES string of the molecule is CN=C(NCCCc1cnn(C)c1)N1CCC(CC(C)C)C1. The smallest absolute Gasteiger partial charge is 0.193 e. The molecule has 1 unspecified atom stereocenters. The average molecular weight is 305 g/mol. The Balaban J connectivity index is 1.69. The number of aromatic nitrogens is 2. The van der Waals surface area contributed by atoms with E-state index in [1.54, 1.807) is 0 Å². The van der Waals surface area contributed by atoms with Crippen molar-refractivity contribution in [3.63, 3.8) is 0 Å². The highest BCUT2D eigenvalue weighted by Crippen LogP contribution is 2.23. The number of rotatable bonds is 6. The van der Waals surface area contributed by atoms with Gasteiger partial charge in [-0.2, -0.15) is 5.10 Å². The van der Waals surface area contributed by atoms with E-state index in [2.05, 4.69) is 40.4 Å². The largest absolute Gasteiger partial charge is 0.356 e. The maximum Gasteiger partial charge on any atom is 0.193 e. The highest BCUT2D eigenvalue weighted by Gasteiger charge is 2.25. The third-order valence-electron chi connectivity index (χ3n) is 4.29. The quantitative estimate of drug-likeness (QED) is 0.498. The van der Waals surface area contributed by atoms with Gasteiger partial charge in [0.2, 0.25) is 0 Å². The summed E-state index contributed by atoms with van der Waals surface area (Å²) in [4.78, 5) is 6.86. The Morgan fingerprint density at radius 3 is 2.95 bits per heavy atom. The Morgan fingerprint density at radius 2 is 2.32 bits per heavy atom. The molecule has 2 heterocycles. The fraction of sp³-hybridized carbons (Fsp3) is 0.765. The molecular formula is C17H31N5. The molecule has 2 rings (SSSR count). The van der Waals surface area contributed by atoms with Crippen molar-refractivity contribution in [3.05, 3.63) is 18.0 Å². The molecule has 1 aliphatic rings. The van der Waals surface area contributed by atoms with Crippen LogP contribution in [0.1, 0.15) is 38.7 Å². The molecule has 1 N–H and O–H groups in total. The summed E-state index contributed by atoms with van der Waals surface area (Å²) in [7, 11) is 3.85. The number of aliphatic imine (C=N–C) groups is 1. The second-order valence-electron chi connectivity index (χ2n) is 6.83. The van der Waals surface area contributed by atoms with Gasteiger partial charge in [0.25, 0.3) is 0 Å². The van der Waals surface area contributed by atoms with E-state index in [0.717, 1.165) is 50.3 Å². The standard InChI is InChI=1S/C17H31N5/c1-14(2)10-15-7-9-22(13-15)17(18-3)19-8-5-6-16-11-20-21(4)12-16/h11-12,14-15H,5-10,13H2,1-4H3,(H,18,19). The summed E-state index contributed by atoms with van der Waals surface area (Å²) in [5.74, 6) is 2.69. The molecule has 1 aromatic heterocycles. The van der Waals surface area contributed by atoms with E-state index in [1.165, 1.54) is 18.4 Å². The number of hydrogen-bond donors (Lipinski definition) is 1. The molecule has 1 aromatic rings. The molecular weight excluding hydrogens is 274 g/mol. The van der Waals surface area contributed by atoms with Gasteiger partial charge in [-0.1, -0.05) is 13.8 Å². The van der Waals surface area contributed by atoms with E-state index in [-0.39, 0.29) is 0 Å². The summed E-state index contributed by atoms with van der Waals surface area (Å²) in [5.41, 5.74) is 1.30. The molecule has 5 heteroatoms. The van der Waals surface area contributed by atoms with Gasteiger partial charge in [-0.25, -0.2) is 0 Å². The van der Waals surface area contributed by atoms with Gasteiger partial charge in [0.15, 0.2) is 5.96 Å². The van der Waals surface area contributed by atoms with Crippen molar-refractivity contribution >= 4 is 5.96 Å². The Labute approximate surface area is 134 Å². The predicted octanol–water partition coefficient (Wildman–Crippen LogP) is 2.30. The lowest BCUT2D eigenvalue weighted by Crippen LogP contribution is -2.40. The van der Waals surface area contributed by atoms with Crippen LogP contribution in [0.4, 0.5) is 0 Å². The summed E-state index contributed by atoms with van der Waals surface area (Å²) < 4.78 is 1.86. The zero-order valence-corrected chi connectivity index (χ0v) is 14.5. The molecule has 124 valence electrons. The monoisotopic (exact) mass is 305 g/mol. The first-order valence-corrected chi connectivity index (χ1v) is 8.51. The third-order valence-corrected chi connectivity index (χ3v) is 4.29. The highest BCUT2D eigenvalue weighted by atomic mass is 15.3. The maximum atomic E-state index is 4.45. The molecule has 1 atom stereocenters. The van der Waals surface area contributed by atoms with Crippen LogP contribution in [0.2, 0.25) is 0 Å². The van der Waals surface area contributed by atoms with Crippen LogP contribution in [-0.2, 0) is 13.5 Å². The molecule has 0 spiro atoms. The van der Waals surface area contributed by atoms with Crippen molar-refractivity contribution in [2.45, 2.75) is 39.5 Å². The Morgan fingerprint density at radius 1 is 1.50 bits per heavy atom. The van der Waals surface area contributed by atoms with Crippen molar-refractivity contribution < 1.29 is 0 Å². The molecule has 0 saturated carbocycles. The van der Waals surface area contributed by atoms with Crippen LogP contribution in [0.15, 0.2) is 17.4 Å². The van der Waals surface area contributed by atoms with Crippen molar-refractivity contribution in [1.82, 2.24) is 20.0 Å².